The van der Waals surface area contributed by atoms with Gasteiger partial charge in [-0.3, -0.25) is 0 Å². The average Bonchev–Trinajstić information content (AvgIpc) is 2.85. The summed E-state index contributed by atoms with van der Waals surface area (Å²) in [5.41, 5.74) is 0.570. The third-order valence-electron chi connectivity index (χ3n) is 2.79. The van der Waals surface area contributed by atoms with Crippen molar-refractivity contribution in [2.24, 2.45) is 0 Å². The van der Waals surface area contributed by atoms with E-state index in [-0.39, 0.29) is 16.9 Å². The third-order valence-corrected chi connectivity index (χ3v) is 3.08. The Morgan fingerprint density at radius 3 is 2.83 bits per heavy atom. The molecule has 2 rings (SSSR count). The van der Waals surface area contributed by atoms with E-state index in [1.807, 2.05) is 19.1 Å². The second-order valence-corrected chi connectivity index (χ2v) is 4.44. The summed E-state index contributed by atoms with van der Waals surface area (Å²) in [5.74, 6) is 0.456. The Hall–Kier alpha value is -1.32. The average molecular weight is 268 g/mol. The molecule has 1 unspecified atom stereocenters. The molecule has 96 valence electrons. The second-order valence-electron chi connectivity index (χ2n) is 4.04. The number of hydrogen-bond acceptors (Lipinski definition) is 2. The first kappa shape index (κ1) is 13.1. The first-order valence-electron chi connectivity index (χ1n) is 5.92. The Balaban J connectivity index is 2.26. The summed E-state index contributed by atoms with van der Waals surface area (Å²) >= 11 is 5.81. The smallest absolute Gasteiger partial charge is 0.146 e. The zero-order valence-electron chi connectivity index (χ0n) is 10.1. The van der Waals surface area contributed by atoms with Crippen molar-refractivity contribution in [1.29, 1.82) is 0 Å². The molecule has 0 bridgehead atoms. The standard InChI is InChI=1S/C14H15ClFNO/c1-2-17-13(9-10-5-4-8-18-10)11-6-3-7-12(15)14(11)16/h3-8,13,17H,2,9H2,1H3. The molecule has 2 nitrogen and oxygen atoms in total. The molecule has 0 amide bonds. The summed E-state index contributed by atoms with van der Waals surface area (Å²) in [7, 11) is 0. The van der Waals surface area contributed by atoms with Crippen LogP contribution in [0.1, 0.15) is 24.3 Å². The minimum atomic E-state index is -0.364. The molecule has 1 atom stereocenters. The van der Waals surface area contributed by atoms with Gasteiger partial charge in [0.25, 0.3) is 0 Å². The first-order chi connectivity index (χ1) is 8.72. The molecule has 1 aromatic heterocycles. The van der Waals surface area contributed by atoms with Crippen LogP contribution in [0.25, 0.3) is 0 Å². The Kier molecular flexibility index (Phi) is 4.39. The Morgan fingerprint density at radius 1 is 1.33 bits per heavy atom. The summed E-state index contributed by atoms with van der Waals surface area (Å²) in [6, 6.07) is 8.63. The van der Waals surface area contributed by atoms with E-state index in [1.54, 1.807) is 24.5 Å². The normalized spacial score (nSPS) is 12.6. The summed E-state index contributed by atoms with van der Waals surface area (Å²) in [5, 5.41) is 3.39. The van der Waals surface area contributed by atoms with E-state index in [0.717, 1.165) is 12.3 Å². The van der Waals surface area contributed by atoms with E-state index in [1.165, 1.54) is 0 Å². The molecule has 4 heteroatoms. The fourth-order valence-corrected chi connectivity index (χ4v) is 2.14. The minimum absolute atomic E-state index is 0.139. The topological polar surface area (TPSA) is 25.2 Å². The van der Waals surface area contributed by atoms with Gasteiger partial charge in [0, 0.05) is 18.0 Å². The van der Waals surface area contributed by atoms with Crippen LogP contribution in [0.3, 0.4) is 0 Å². The number of benzene rings is 1. The van der Waals surface area contributed by atoms with Crippen LogP contribution in [0.15, 0.2) is 41.0 Å². The number of likely N-dealkylation sites (N-methyl/N-ethyl adjacent to an activating group) is 1. The van der Waals surface area contributed by atoms with Crippen LogP contribution in [-0.4, -0.2) is 6.54 Å². The summed E-state index contributed by atoms with van der Waals surface area (Å²) in [6.07, 6.45) is 2.21. The van der Waals surface area contributed by atoms with Crippen LogP contribution >= 0.6 is 11.6 Å². The molecule has 0 radical (unpaired) electrons. The lowest BCUT2D eigenvalue weighted by molar-refractivity contribution is 0.444. The maximum atomic E-state index is 14.0. The van der Waals surface area contributed by atoms with E-state index >= 15 is 0 Å². The van der Waals surface area contributed by atoms with Crippen LogP contribution < -0.4 is 5.32 Å². The molecule has 18 heavy (non-hydrogen) atoms. The van der Waals surface area contributed by atoms with Gasteiger partial charge in [-0.15, -0.1) is 0 Å². The van der Waals surface area contributed by atoms with Gasteiger partial charge in [0.15, 0.2) is 0 Å². The van der Waals surface area contributed by atoms with E-state index in [2.05, 4.69) is 5.32 Å². The van der Waals surface area contributed by atoms with Crippen LogP contribution in [0.5, 0.6) is 0 Å². The van der Waals surface area contributed by atoms with Crippen molar-refractivity contribution in [3.05, 3.63) is 58.8 Å². The highest BCUT2D eigenvalue weighted by molar-refractivity contribution is 6.30. The van der Waals surface area contributed by atoms with Gasteiger partial charge in [0.05, 0.1) is 11.3 Å². The molecule has 1 N–H and O–H groups in total. The minimum Gasteiger partial charge on any atom is -0.469 e. The van der Waals surface area contributed by atoms with Crippen molar-refractivity contribution >= 4 is 11.6 Å². The number of furan rings is 1. The monoisotopic (exact) mass is 267 g/mol. The molecule has 1 aromatic carbocycles. The third kappa shape index (κ3) is 2.92. The number of hydrogen-bond donors (Lipinski definition) is 1. The highest BCUT2D eigenvalue weighted by Crippen LogP contribution is 2.26. The molecule has 0 aliphatic rings. The van der Waals surface area contributed by atoms with Gasteiger partial charge < -0.3 is 9.73 Å². The molecule has 0 spiro atoms. The molecule has 0 fully saturated rings. The van der Waals surface area contributed by atoms with Gasteiger partial charge in [0.2, 0.25) is 0 Å². The van der Waals surface area contributed by atoms with Crippen LogP contribution in [0.2, 0.25) is 5.02 Å². The zero-order valence-corrected chi connectivity index (χ0v) is 10.9. The number of nitrogens with one attached hydrogen (secondary N) is 1. The van der Waals surface area contributed by atoms with Crippen LogP contribution in [0.4, 0.5) is 4.39 Å². The lowest BCUT2D eigenvalue weighted by Gasteiger charge is -2.18. The van der Waals surface area contributed by atoms with Crippen LogP contribution in [-0.2, 0) is 6.42 Å². The zero-order chi connectivity index (χ0) is 13.0. The van der Waals surface area contributed by atoms with Gasteiger partial charge in [-0.25, -0.2) is 4.39 Å². The van der Waals surface area contributed by atoms with Crippen molar-refractivity contribution in [3.63, 3.8) is 0 Å². The predicted octanol–water partition coefficient (Wildman–Crippen LogP) is 3.97. The second kappa shape index (κ2) is 6.03. The van der Waals surface area contributed by atoms with Crippen molar-refractivity contribution in [2.75, 3.05) is 6.54 Å². The van der Waals surface area contributed by atoms with E-state index in [4.69, 9.17) is 16.0 Å². The molecular formula is C14H15ClFNO. The SMILES string of the molecule is CCNC(Cc1ccco1)c1cccc(Cl)c1F. The van der Waals surface area contributed by atoms with Gasteiger partial charge in [-0.1, -0.05) is 30.7 Å². The first-order valence-corrected chi connectivity index (χ1v) is 6.29. The van der Waals surface area contributed by atoms with E-state index in [0.29, 0.717) is 12.0 Å². The molecule has 0 saturated heterocycles. The van der Waals surface area contributed by atoms with Crippen molar-refractivity contribution in [3.8, 4) is 0 Å². The highest BCUT2D eigenvalue weighted by Gasteiger charge is 2.18. The van der Waals surface area contributed by atoms with Crippen molar-refractivity contribution < 1.29 is 8.81 Å². The van der Waals surface area contributed by atoms with E-state index < -0.39 is 0 Å². The lowest BCUT2D eigenvalue weighted by atomic mass is 10.0. The molecular weight excluding hydrogens is 253 g/mol. The fourth-order valence-electron chi connectivity index (χ4n) is 1.96. The van der Waals surface area contributed by atoms with Gasteiger partial charge in [-0.2, -0.15) is 0 Å². The predicted molar refractivity (Wildman–Crippen MR) is 70.2 cm³/mol. The van der Waals surface area contributed by atoms with Gasteiger partial charge in [0.1, 0.15) is 11.6 Å². The highest BCUT2D eigenvalue weighted by atomic mass is 35.5. The molecule has 0 aliphatic carbocycles. The van der Waals surface area contributed by atoms with Crippen LogP contribution in [0, 0.1) is 5.82 Å². The molecule has 2 aromatic rings. The van der Waals surface area contributed by atoms with Crippen molar-refractivity contribution in [2.45, 2.75) is 19.4 Å². The maximum Gasteiger partial charge on any atom is 0.146 e. The Bertz CT molecular complexity index is 499. The number of rotatable bonds is 5. The fraction of sp³-hybridized carbons (Fsp3) is 0.286. The maximum absolute atomic E-state index is 14.0. The molecule has 0 saturated carbocycles. The van der Waals surface area contributed by atoms with E-state index in [9.17, 15) is 4.39 Å². The number of halogens is 2. The molecule has 1 heterocycles. The summed E-state index contributed by atoms with van der Waals surface area (Å²) < 4.78 is 19.3. The summed E-state index contributed by atoms with van der Waals surface area (Å²) in [6.45, 7) is 2.73. The summed E-state index contributed by atoms with van der Waals surface area (Å²) in [4.78, 5) is 0. The Labute approximate surface area is 111 Å². The van der Waals surface area contributed by atoms with Gasteiger partial charge in [-0.05, 0) is 24.7 Å². The van der Waals surface area contributed by atoms with Crippen molar-refractivity contribution in [1.82, 2.24) is 5.32 Å². The largest absolute Gasteiger partial charge is 0.469 e. The lowest BCUT2D eigenvalue weighted by Crippen LogP contribution is -2.23. The quantitative estimate of drug-likeness (QED) is 0.887. The Morgan fingerprint density at radius 2 is 2.17 bits per heavy atom. The van der Waals surface area contributed by atoms with Gasteiger partial charge >= 0.3 is 0 Å². The molecule has 0 aliphatic heterocycles.